The Morgan fingerprint density at radius 3 is 2.46 bits per heavy atom. The third-order valence-electron chi connectivity index (χ3n) is 5.09. The minimum absolute atomic E-state index is 0.327. The normalized spacial score (nSPS) is 15.9. The SMILES string of the molecule is Cc1n[nH]c(C)c1CNCc1ccc(N2CCC(CO)CC2)cc1. The summed E-state index contributed by atoms with van der Waals surface area (Å²) in [5.41, 5.74) is 6.06. The van der Waals surface area contributed by atoms with Crippen LogP contribution in [0.2, 0.25) is 0 Å². The highest BCUT2D eigenvalue weighted by Gasteiger charge is 2.18. The molecule has 0 radical (unpaired) electrons. The van der Waals surface area contributed by atoms with Gasteiger partial charge in [-0.05, 0) is 50.3 Å². The molecule has 2 aromatic rings. The minimum atomic E-state index is 0.327. The molecular weight excluding hydrogens is 300 g/mol. The highest BCUT2D eigenvalue weighted by atomic mass is 16.3. The number of rotatable bonds is 6. The lowest BCUT2D eigenvalue weighted by Crippen LogP contribution is -2.34. The number of benzene rings is 1. The van der Waals surface area contributed by atoms with Crippen LogP contribution in [0.15, 0.2) is 24.3 Å². The quantitative estimate of drug-likeness (QED) is 0.762. The first kappa shape index (κ1) is 17.0. The number of nitrogens with one attached hydrogen (secondary N) is 2. The maximum Gasteiger partial charge on any atom is 0.0638 e. The number of aliphatic hydroxyl groups excluding tert-OH is 1. The fraction of sp³-hybridized carbons (Fsp3) is 0.526. The second-order valence-electron chi connectivity index (χ2n) is 6.80. The summed E-state index contributed by atoms with van der Waals surface area (Å²) in [6.07, 6.45) is 2.17. The number of aryl methyl sites for hydroxylation is 2. The lowest BCUT2D eigenvalue weighted by atomic mass is 9.97. The first-order chi connectivity index (χ1) is 11.7. The summed E-state index contributed by atoms with van der Waals surface area (Å²) in [5.74, 6) is 0.486. The fourth-order valence-electron chi connectivity index (χ4n) is 3.36. The van der Waals surface area contributed by atoms with Crippen LogP contribution in [0.5, 0.6) is 0 Å². The Hall–Kier alpha value is -1.85. The number of aliphatic hydroxyl groups is 1. The smallest absolute Gasteiger partial charge is 0.0638 e. The Balaban J connectivity index is 1.50. The Bertz CT molecular complexity index is 622. The van der Waals surface area contributed by atoms with Crippen molar-refractivity contribution in [1.29, 1.82) is 0 Å². The van der Waals surface area contributed by atoms with Gasteiger partial charge in [-0.15, -0.1) is 0 Å². The van der Waals surface area contributed by atoms with E-state index in [0.717, 1.165) is 50.4 Å². The van der Waals surface area contributed by atoms with Gasteiger partial charge in [-0.2, -0.15) is 5.10 Å². The molecule has 24 heavy (non-hydrogen) atoms. The number of hydrogen-bond acceptors (Lipinski definition) is 4. The zero-order chi connectivity index (χ0) is 16.9. The van der Waals surface area contributed by atoms with Gasteiger partial charge in [0.25, 0.3) is 0 Å². The van der Waals surface area contributed by atoms with Gasteiger partial charge in [0.05, 0.1) is 5.69 Å². The molecule has 0 saturated carbocycles. The maximum atomic E-state index is 9.24. The van der Waals surface area contributed by atoms with E-state index in [-0.39, 0.29) is 0 Å². The summed E-state index contributed by atoms with van der Waals surface area (Å²) in [6, 6.07) is 8.83. The predicted molar refractivity (Wildman–Crippen MR) is 97.1 cm³/mol. The molecule has 3 N–H and O–H groups in total. The molecule has 2 heterocycles. The van der Waals surface area contributed by atoms with Crippen molar-refractivity contribution in [3.05, 3.63) is 46.8 Å². The second kappa shape index (κ2) is 7.81. The molecule has 1 fully saturated rings. The largest absolute Gasteiger partial charge is 0.396 e. The molecule has 0 spiro atoms. The molecule has 5 heteroatoms. The third-order valence-corrected chi connectivity index (χ3v) is 5.09. The van der Waals surface area contributed by atoms with Crippen molar-refractivity contribution in [1.82, 2.24) is 15.5 Å². The molecule has 3 rings (SSSR count). The van der Waals surface area contributed by atoms with Gasteiger partial charge >= 0.3 is 0 Å². The van der Waals surface area contributed by atoms with Crippen LogP contribution in [-0.4, -0.2) is 35.0 Å². The summed E-state index contributed by atoms with van der Waals surface area (Å²) in [4.78, 5) is 2.42. The zero-order valence-corrected chi connectivity index (χ0v) is 14.7. The van der Waals surface area contributed by atoms with Crippen molar-refractivity contribution in [2.45, 2.75) is 39.8 Å². The van der Waals surface area contributed by atoms with E-state index in [1.807, 2.05) is 6.92 Å². The van der Waals surface area contributed by atoms with Crippen molar-refractivity contribution in [2.24, 2.45) is 5.92 Å². The molecule has 0 bridgehead atoms. The fourth-order valence-corrected chi connectivity index (χ4v) is 3.36. The van der Waals surface area contributed by atoms with Crippen molar-refractivity contribution < 1.29 is 5.11 Å². The molecule has 1 aromatic heterocycles. The average molecular weight is 328 g/mol. The molecule has 0 amide bonds. The Morgan fingerprint density at radius 2 is 1.88 bits per heavy atom. The number of aromatic amines is 1. The molecule has 1 aliphatic rings. The lowest BCUT2D eigenvalue weighted by molar-refractivity contribution is 0.203. The highest BCUT2D eigenvalue weighted by molar-refractivity contribution is 5.48. The van der Waals surface area contributed by atoms with Gasteiger partial charge in [0, 0.05) is 49.7 Å². The van der Waals surface area contributed by atoms with E-state index < -0.39 is 0 Å². The molecule has 0 aliphatic carbocycles. The molecule has 5 nitrogen and oxygen atoms in total. The third kappa shape index (κ3) is 3.97. The van der Waals surface area contributed by atoms with E-state index in [0.29, 0.717) is 12.5 Å². The highest BCUT2D eigenvalue weighted by Crippen LogP contribution is 2.23. The first-order valence-electron chi connectivity index (χ1n) is 8.83. The summed E-state index contributed by atoms with van der Waals surface area (Å²) in [7, 11) is 0. The Labute approximate surface area is 144 Å². The molecule has 1 aromatic carbocycles. The molecule has 1 aliphatic heterocycles. The van der Waals surface area contributed by atoms with Crippen LogP contribution in [0.25, 0.3) is 0 Å². The van der Waals surface area contributed by atoms with Crippen molar-refractivity contribution in [2.75, 3.05) is 24.6 Å². The van der Waals surface area contributed by atoms with E-state index in [9.17, 15) is 5.11 Å². The van der Waals surface area contributed by atoms with Gasteiger partial charge in [-0.3, -0.25) is 5.10 Å². The Kier molecular flexibility index (Phi) is 5.53. The Morgan fingerprint density at radius 1 is 1.17 bits per heavy atom. The van der Waals surface area contributed by atoms with Gasteiger partial charge in [-0.1, -0.05) is 12.1 Å². The summed E-state index contributed by atoms with van der Waals surface area (Å²) in [6.45, 7) is 8.21. The van der Waals surface area contributed by atoms with E-state index in [4.69, 9.17) is 0 Å². The number of H-pyrrole nitrogens is 1. The lowest BCUT2D eigenvalue weighted by Gasteiger charge is -2.33. The van der Waals surface area contributed by atoms with Crippen LogP contribution in [0.1, 0.15) is 35.4 Å². The number of nitrogens with zero attached hydrogens (tertiary/aromatic N) is 2. The van der Waals surface area contributed by atoms with Crippen LogP contribution < -0.4 is 10.2 Å². The van der Waals surface area contributed by atoms with Crippen molar-refractivity contribution in [3.63, 3.8) is 0 Å². The van der Waals surface area contributed by atoms with E-state index in [1.165, 1.54) is 16.8 Å². The average Bonchev–Trinajstić information content (AvgIpc) is 2.94. The van der Waals surface area contributed by atoms with E-state index >= 15 is 0 Å². The van der Waals surface area contributed by atoms with Crippen molar-refractivity contribution in [3.8, 4) is 0 Å². The van der Waals surface area contributed by atoms with Crippen LogP contribution in [-0.2, 0) is 13.1 Å². The van der Waals surface area contributed by atoms with Gasteiger partial charge < -0.3 is 15.3 Å². The van der Waals surface area contributed by atoms with Gasteiger partial charge in [0.2, 0.25) is 0 Å². The topological polar surface area (TPSA) is 64.2 Å². The van der Waals surface area contributed by atoms with Crippen LogP contribution in [0.4, 0.5) is 5.69 Å². The summed E-state index contributed by atoms with van der Waals surface area (Å²) < 4.78 is 0. The number of piperidine rings is 1. The van der Waals surface area contributed by atoms with Crippen LogP contribution in [0.3, 0.4) is 0 Å². The monoisotopic (exact) mass is 328 g/mol. The van der Waals surface area contributed by atoms with Crippen LogP contribution >= 0.6 is 0 Å². The van der Waals surface area contributed by atoms with Crippen LogP contribution in [0, 0.1) is 19.8 Å². The van der Waals surface area contributed by atoms with Gasteiger partial charge in [0.15, 0.2) is 0 Å². The van der Waals surface area contributed by atoms with Gasteiger partial charge in [0.1, 0.15) is 0 Å². The van der Waals surface area contributed by atoms with Crippen molar-refractivity contribution >= 4 is 5.69 Å². The number of aromatic nitrogens is 2. The second-order valence-corrected chi connectivity index (χ2v) is 6.80. The first-order valence-corrected chi connectivity index (χ1v) is 8.83. The predicted octanol–water partition coefficient (Wildman–Crippen LogP) is 2.53. The van der Waals surface area contributed by atoms with E-state index in [1.54, 1.807) is 0 Å². The molecule has 0 unspecified atom stereocenters. The molecular formula is C19H28N4O. The molecule has 0 atom stereocenters. The number of hydrogen-bond donors (Lipinski definition) is 3. The molecule has 130 valence electrons. The van der Waals surface area contributed by atoms with E-state index in [2.05, 4.69) is 51.6 Å². The zero-order valence-electron chi connectivity index (χ0n) is 14.7. The molecule has 1 saturated heterocycles. The number of anilines is 1. The minimum Gasteiger partial charge on any atom is -0.396 e. The maximum absolute atomic E-state index is 9.24. The summed E-state index contributed by atoms with van der Waals surface area (Å²) >= 11 is 0. The standard InChI is InChI=1S/C19H28N4O/c1-14-19(15(2)22-21-14)12-20-11-16-3-5-18(6-4-16)23-9-7-17(13-24)8-10-23/h3-6,17,20,24H,7-13H2,1-2H3,(H,21,22). The summed E-state index contributed by atoms with van der Waals surface area (Å²) in [5, 5.41) is 20.0. The van der Waals surface area contributed by atoms with Gasteiger partial charge in [-0.25, -0.2) is 0 Å².